The maximum absolute atomic E-state index is 9.68. The number of para-hydroxylation sites is 1. The summed E-state index contributed by atoms with van der Waals surface area (Å²) in [4.78, 5) is 0. The molecule has 0 heterocycles. The van der Waals surface area contributed by atoms with Crippen LogP contribution < -0.4 is 5.32 Å². The SMILES string of the molecule is CCC(C)(C)C1CCC(C#N)(Nc2ccccc2Cl)CC1. The molecule has 0 aliphatic heterocycles. The highest BCUT2D eigenvalue weighted by Crippen LogP contribution is 2.44. The number of anilines is 1. The van der Waals surface area contributed by atoms with Crippen LogP contribution in [-0.2, 0) is 0 Å². The molecule has 1 fully saturated rings. The minimum Gasteiger partial charge on any atom is -0.366 e. The Kier molecular flexibility index (Phi) is 4.84. The molecule has 21 heavy (non-hydrogen) atoms. The zero-order valence-corrected chi connectivity index (χ0v) is 14.0. The van der Waals surface area contributed by atoms with Crippen molar-refractivity contribution in [2.45, 2.75) is 58.4 Å². The van der Waals surface area contributed by atoms with Crippen molar-refractivity contribution in [3.8, 4) is 6.07 Å². The quantitative estimate of drug-likeness (QED) is 0.781. The third-order valence-electron chi connectivity index (χ3n) is 5.32. The number of nitrogens with one attached hydrogen (secondary N) is 1. The van der Waals surface area contributed by atoms with Crippen molar-refractivity contribution in [3.63, 3.8) is 0 Å². The number of rotatable bonds is 4. The van der Waals surface area contributed by atoms with Gasteiger partial charge in [-0.05, 0) is 49.1 Å². The summed E-state index contributed by atoms with van der Waals surface area (Å²) < 4.78 is 0. The number of halogens is 1. The normalized spacial score (nSPS) is 26.1. The van der Waals surface area contributed by atoms with Gasteiger partial charge in [0, 0.05) is 0 Å². The fourth-order valence-corrected chi connectivity index (χ4v) is 3.45. The highest BCUT2D eigenvalue weighted by Gasteiger charge is 2.40. The summed E-state index contributed by atoms with van der Waals surface area (Å²) in [5, 5.41) is 13.8. The summed E-state index contributed by atoms with van der Waals surface area (Å²) in [6.07, 6.45) is 5.18. The first-order valence-electron chi connectivity index (χ1n) is 7.86. The van der Waals surface area contributed by atoms with E-state index in [-0.39, 0.29) is 0 Å². The average molecular weight is 305 g/mol. The average Bonchev–Trinajstić information content (AvgIpc) is 2.50. The molecule has 0 radical (unpaired) electrons. The van der Waals surface area contributed by atoms with Crippen LogP contribution in [0.25, 0.3) is 0 Å². The standard InChI is InChI=1S/C18H25ClN2/c1-4-17(2,3)14-9-11-18(13-20,12-10-14)21-16-8-6-5-7-15(16)19/h5-8,14,21H,4,9-12H2,1-3H3. The molecule has 2 rings (SSSR count). The van der Waals surface area contributed by atoms with Gasteiger partial charge in [0.15, 0.2) is 0 Å². The van der Waals surface area contributed by atoms with Gasteiger partial charge in [-0.3, -0.25) is 0 Å². The summed E-state index contributed by atoms with van der Waals surface area (Å²) in [6, 6.07) is 10.2. The Balaban J connectivity index is 2.09. The smallest absolute Gasteiger partial charge is 0.125 e. The Labute approximate surface area is 133 Å². The van der Waals surface area contributed by atoms with Crippen molar-refractivity contribution in [3.05, 3.63) is 29.3 Å². The molecule has 1 aromatic carbocycles. The van der Waals surface area contributed by atoms with Crippen LogP contribution in [0, 0.1) is 22.7 Å². The second-order valence-corrected chi connectivity index (χ2v) is 7.32. The van der Waals surface area contributed by atoms with Crippen LogP contribution in [0.2, 0.25) is 5.02 Å². The van der Waals surface area contributed by atoms with Crippen LogP contribution in [0.15, 0.2) is 24.3 Å². The van der Waals surface area contributed by atoms with Gasteiger partial charge < -0.3 is 5.32 Å². The molecule has 0 unspecified atom stereocenters. The van der Waals surface area contributed by atoms with Gasteiger partial charge in [0.2, 0.25) is 0 Å². The third kappa shape index (κ3) is 3.52. The Morgan fingerprint density at radius 3 is 2.48 bits per heavy atom. The van der Waals surface area contributed by atoms with Crippen LogP contribution in [0.3, 0.4) is 0 Å². The fourth-order valence-electron chi connectivity index (χ4n) is 3.27. The molecule has 1 N–H and O–H groups in total. The maximum atomic E-state index is 9.68. The van der Waals surface area contributed by atoms with Gasteiger partial charge in [0.1, 0.15) is 5.54 Å². The van der Waals surface area contributed by atoms with Crippen LogP contribution in [0.4, 0.5) is 5.69 Å². The molecule has 2 nitrogen and oxygen atoms in total. The third-order valence-corrected chi connectivity index (χ3v) is 5.65. The van der Waals surface area contributed by atoms with Crippen LogP contribution in [0.5, 0.6) is 0 Å². The predicted molar refractivity (Wildman–Crippen MR) is 89.4 cm³/mol. The molecule has 0 spiro atoms. The zero-order chi connectivity index (χ0) is 15.5. The summed E-state index contributed by atoms with van der Waals surface area (Å²) in [5.74, 6) is 0.706. The molecule has 0 saturated heterocycles. The highest BCUT2D eigenvalue weighted by molar-refractivity contribution is 6.33. The summed E-state index contributed by atoms with van der Waals surface area (Å²) in [6.45, 7) is 6.95. The molecule has 1 saturated carbocycles. The second kappa shape index (κ2) is 6.28. The van der Waals surface area contributed by atoms with Gasteiger partial charge in [-0.25, -0.2) is 0 Å². The molecule has 114 valence electrons. The van der Waals surface area contributed by atoms with E-state index in [1.807, 2.05) is 24.3 Å². The Bertz CT molecular complexity index is 522. The molecule has 0 atom stereocenters. The topological polar surface area (TPSA) is 35.8 Å². The van der Waals surface area contributed by atoms with Gasteiger partial charge in [-0.2, -0.15) is 5.26 Å². The molecule has 1 aliphatic carbocycles. The van der Waals surface area contributed by atoms with E-state index < -0.39 is 5.54 Å². The predicted octanol–water partition coefficient (Wildman–Crippen LogP) is 5.64. The Morgan fingerprint density at radius 1 is 1.33 bits per heavy atom. The highest BCUT2D eigenvalue weighted by atomic mass is 35.5. The first-order chi connectivity index (χ1) is 9.92. The van der Waals surface area contributed by atoms with E-state index in [9.17, 15) is 5.26 Å². The first-order valence-corrected chi connectivity index (χ1v) is 8.24. The lowest BCUT2D eigenvalue weighted by Gasteiger charge is -2.42. The van der Waals surface area contributed by atoms with Crippen LogP contribution in [-0.4, -0.2) is 5.54 Å². The number of hydrogen-bond acceptors (Lipinski definition) is 2. The van der Waals surface area contributed by atoms with Crippen molar-refractivity contribution in [1.82, 2.24) is 0 Å². The summed E-state index contributed by atoms with van der Waals surface area (Å²) in [7, 11) is 0. The molecular formula is C18H25ClN2. The minimum absolute atomic E-state index is 0.367. The van der Waals surface area contributed by atoms with Crippen molar-refractivity contribution in [2.75, 3.05) is 5.32 Å². The second-order valence-electron chi connectivity index (χ2n) is 6.92. The van der Waals surface area contributed by atoms with Crippen molar-refractivity contribution in [2.24, 2.45) is 11.3 Å². The lowest BCUT2D eigenvalue weighted by atomic mass is 9.66. The minimum atomic E-state index is -0.467. The molecule has 0 bridgehead atoms. The van der Waals surface area contributed by atoms with Gasteiger partial charge in [0.25, 0.3) is 0 Å². The fraction of sp³-hybridized carbons (Fsp3) is 0.611. The van der Waals surface area contributed by atoms with Gasteiger partial charge in [-0.15, -0.1) is 0 Å². The van der Waals surface area contributed by atoms with Crippen LogP contribution >= 0.6 is 11.6 Å². The van der Waals surface area contributed by atoms with E-state index in [1.165, 1.54) is 6.42 Å². The lowest BCUT2D eigenvalue weighted by molar-refractivity contribution is 0.135. The molecule has 0 amide bonds. The summed E-state index contributed by atoms with van der Waals surface area (Å²) in [5.41, 5.74) is 0.769. The van der Waals surface area contributed by atoms with E-state index in [4.69, 9.17) is 11.6 Å². The van der Waals surface area contributed by atoms with Crippen LogP contribution in [0.1, 0.15) is 52.9 Å². The first kappa shape index (κ1) is 16.2. The summed E-state index contributed by atoms with van der Waals surface area (Å²) >= 11 is 6.21. The van der Waals surface area contributed by atoms with Crippen molar-refractivity contribution >= 4 is 17.3 Å². The number of nitrogens with zero attached hydrogens (tertiary/aromatic N) is 1. The maximum Gasteiger partial charge on any atom is 0.125 e. The monoisotopic (exact) mass is 304 g/mol. The number of benzene rings is 1. The molecule has 1 aliphatic rings. The number of nitriles is 1. The lowest BCUT2D eigenvalue weighted by Crippen LogP contribution is -2.43. The van der Waals surface area contributed by atoms with E-state index >= 15 is 0 Å². The van der Waals surface area contributed by atoms with Gasteiger partial charge in [0.05, 0.1) is 16.8 Å². The van der Waals surface area contributed by atoms with E-state index in [2.05, 4.69) is 32.2 Å². The van der Waals surface area contributed by atoms with Gasteiger partial charge in [-0.1, -0.05) is 50.9 Å². The Hall–Kier alpha value is -1.20. The van der Waals surface area contributed by atoms with E-state index in [0.29, 0.717) is 16.4 Å². The van der Waals surface area contributed by atoms with E-state index in [1.54, 1.807) is 0 Å². The molecular weight excluding hydrogens is 280 g/mol. The van der Waals surface area contributed by atoms with Crippen molar-refractivity contribution in [1.29, 1.82) is 5.26 Å². The molecule has 3 heteroatoms. The number of hydrogen-bond donors (Lipinski definition) is 1. The largest absolute Gasteiger partial charge is 0.366 e. The van der Waals surface area contributed by atoms with E-state index in [0.717, 1.165) is 31.4 Å². The molecule has 0 aromatic heterocycles. The van der Waals surface area contributed by atoms with Crippen molar-refractivity contribution < 1.29 is 0 Å². The Morgan fingerprint density at radius 2 is 1.95 bits per heavy atom. The zero-order valence-electron chi connectivity index (χ0n) is 13.2. The molecule has 1 aromatic rings. The van der Waals surface area contributed by atoms with Gasteiger partial charge >= 0.3 is 0 Å².